The van der Waals surface area contributed by atoms with Crippen LogP contribution in [-0.4, -0.2) is 59.0 Å². The standard InChI is InChI=1S/C45H91N2O7P/c1-3-5-7-9-11-13-15-17-19-20-21-23-25-27-29-31-33-35-37-44(49)43(41-54-55(51,52)53-39-38-46)47-45(50)40-42(48)36-34-32-30-28-26-24-22-18-16-14-12-10-8-6-4-2/h18,22,42-44,48-49H,3-17,19-21,23-41,46H2,1-2H3,(H,47,50)(H,51,52)/b22-18-. The van der Waals surface area contributed by atoms with Crippen LogP contribution in [0, 0.1) is 0 Å². The monoisotopic (exact) mass is 803 g/mol. The lowest BCUT2D eigenvalue weighted by atomic mass is 10.0. The number of nitrogens with one attached hydrogen (secondary N) is 1. The van der Waals surface area contributed by atoms with E-state index in [0.717, 1.165) is 44.9 Å². The van der Waals surface area contributed by atoms with E-state index in [1.165, 1.54) is 154 Å². The SMILES string of the molecule is CCCCCCCC/C=C\CCCCCCCC(O)CC(=O)NC(COP(=O)(O)OCCN)C(O)CCCCCCCCCCCCCCCCCCCC. The maximum atomic E-state index is 12.8. The van der Waals surface area contributed by atoms with Crippen LogP contribution in [0.4, 0.5) is 0 Å². The second-order valence-electron chi connectivity index (χ2n) is 16.2. The number of carbonyl (C=O) groups is 1. The Bertz CT molecular complexity index is 893. The van der Waals surface area contributed by atoms with Gasteiger partial charge in [0.05, 0.1) is 37.9 Å². The summed E-state index contributed by atoms with van der Waals surface area (Å²) < 4.78 is 22.2. The lowest BCUT2D eigenvalue weighted by Crippen LogP contribution is -2.47. The van der Waals surface area contributed by atoms with Crippen molar-refractivity contribution >= 4 is 13.7 Å². The van der Waals surface area contributed by atoms with E-state index >= 15 is 0 Å². The predicted molar refractivity (Wildman–Crippen MR) is 232 cm³/mol. The lowest BCUT2D eigenvalue weighted by molar-refractivity contribution is -0.125. The van der Waals surface area contributed by atoms with Crippen LogP contribution in [0.5, 0.6) is 0 Å². The number of allylic oxidation sites excluding steroid dienone is 2. The molecule has 0 saturated carbocycles. The molecular formula is C45H91N2O7P. The predicted octanol–water partition coefficient (Wildman–Crippen LogP) is 12.1. The molecule has 0 aromatic carbocycles. The van der Waals surface area contributed by atoms with Gasteiger partial charge in [0.1, 0.15) is 0 Å². The molecule has 9 nitrogen and oxygen atoms in total. The third-order valence-corrected chi connectivity index (χ3v) is 11.7. The first-order valence-electron chi connectivity index (χ1n) is 23.4. The third kappa shape index (κ3) is 39.8. The van der Waals surface area contributed by atoms with Crippen molar-refractivity contribution in [3.8, 4) is 0 Å². The molecule has 0 heterocycles. The summed E-state index contributed by atoms with van der Waals surface area (Å²) in [7, 11) is -4.38. The molecule has 0 aliphatic heterocycles. The summed E-state index contributed by atoms with van der Waals surface area (Å²) >= 11 is 0. The van der Waals surface area contributed by atoms with Crippen molar-refractivity contribution in [2.75, 3.05) is 19.8 Å². The first kappa shape index (κ1) is 54.2. The van der Waals surface area contributed by atoms with Crippen LogP contribution in [-0.2, 0) is 18.4 Å². The van der Waals surface area contributed by atoms with Crippen LogP contribution in [0.25, 0.3) is 0 Å². The minimum Gasteiger partial charge on any atom is -0.393 e. The van der Waals surface area contributed by atoms with E-state index in [2.05, 4.69) is 31.3 Å². The van der Waals surface area contributed by atoms with Crippen molar-refractivity contribution in [3.05, 3.63) is 12.2 Å². The summed E-state index contributed by atoms with van der Waals surface area (Å²) in [6.07, 6.45) is 42.5. The van der Waals surface area contributed by atoms with Crippen molar-refractivity contribution in [1.29, 1.82) is 0 Å². The van der Waals surface area contributed by atoms with Gasteiger partial charge in [0.25, 0.3) is 0 Å². The summed E-state index contributed by atoms with van der Waals surface area (Å²) in [4.78, 5) is 22.8. The number of phosphoric acid groups is 1. The van der Waals surface area contributed by atoms with E-state index in [4.69, 9.17) is 14.8 Å². The Labute approximate surface area is 339 Å². The number of aliphatic hydroxyl groups excluding tert-OH is 2. The van der Waals surface area contributed by atoms with Gasteiger partial charge in [-0.15, -0.1) is 0 Å². The van der Waals surface area contributed by atoms with Gasteiger partial charge < -0.3 is 26.2 Å². The Morgan fingerprint density at radius 1 is 0.600 bits per heavy atom. The molecule has 0 rings (SSSR count). The molecular weight excluding hydrogens is 711 g/mol. The van der Waals surface area contributed by atoms with Gasteiger partial charge in [0.2, 0.25) is 5.91 Å². The summed E-state index contributed by atoms with van der Waals surface area (Å²) in [6.45, 7) is 4.06. The zero-order valence-corrected chi connectivity index (χ0v) is 36.9. The molecule has 1 amide bonds. The molecule has 55 heavy (non-hydrogen) atoms. The van der Waals surface area contributed by atoms with Crippen molar-refractivity contribution in [2.45, 2.75) is 250 Å². The van der Waals surface area contributed by atoms with Gasteiger partial charge >= 0.3 is 7.82 Å². The van der Waals surface area contributed by atoms with Crippen LogP contribution < -0.4 is 11.1 Å². The van der Waals surface area contributed by atoms with Crippen molar-refractivity contribution < 1.29 is 33.5 Å². The van der Waals surface area contributed by atoms with Crippen LogP contribution in [0.2, 0.25) is 0 Å². The number of carbonyl (C=O) groups excluding carboxylic acids is 1. The van der Waals surface area contributed by atoms with E-state index in [-0.39, 0.29) is 26.2 Å². The van der Waals surface area contributed by atoms with E-state index in [9.17, 15) is 24.5 Å². The second kappa shape index (κ2) is 41.4. The molecule has 0 bridgehead atoms. The Morgan fingerprint density at radius 2 is 0.982 bits per heavy atom. The third-order valence-electron chi connectivity index (χ3n) is 10.7. The van der Waals surface area contributed by atoms with E-state index < -0.39 is 32.0 Å². The highest BCUT2D eigenvalue weighted by molar-refractivity contribution is 7.47. The maximum Gasteiger partial charge on any atom is 0.472 e. The van der Waals surface area contributed by atoms with E-state index in [1.54, 1.807) is 0 Å². The highest BCUT2D eigenvalue weighted by atomic mass is 31.2. The quantitative estimate of drug-likeness (QED) is 0.0232. The summed E-state index contributed by atoms with van der Waals surface area (Å²) in [6, 6.07) is -0.896. The van der Waals surface area contributed by atoms with Crippen molar-refractivity contribution in [1.82, 2.24) is 5.32 Å². The van der Waals surface area contributed by atoms with Gasteiger partial charge in [0.15, 0.2) is 0 Å². The largest absolute Gasteiger partial charge is 0.472 e. The fraction of sp³-hybridized carbons (Fsp3) is 0.933. The zero-order valence-electron chi connectivity index (χ0n) is 36.0. The molecule has 0 saturated heterocycles. The molecule has 0 fully saturated rings. The maximum absolute atomic E-state index is 12.8. The highest BCUT2D eigenvalue weighted by Gasteiger charge is 2.28. The molecule has 4 atom stereocenters. The molecule has 10 heteroatoms. The molecule has 328 valence electrons. The second-order valence-corrected chi connectivity index (χ2v) is 17.6. The van der Waals surface area contributed by atoms with Crippen LogP contribution in [0.3, 0.4) is 0 Å². The Hall–Kier alpha value is -0.800. The summed E-state index contributed by atoms with van der Waals surface area (Å²) in [5, 5.41) is 24.2. The molecule has 0 aliphatic carbocycles. The normalized spacial score (nSPS) is 14.7. The minimum absolute atomic E-state index is 0.0602. The van der Waals surface area contributed by atoms with Gasteiger partial charge in [0, 0.05) is 6.54 Å². The fourth-order valence-electron chi connectivity index (χ4n) is 7.12. The first-order valence-corrected chi connectivity index (χ1v) is 24.9. The number of unbranched alkanes of at least 4 members (excludes halogenated alkanes) is 28. The Morgan fingerprint density at radius 3 is 1.40 bits per heavy atom. The van der Waals surface area contributed by atoms with Gasteiger partial charge in [-0.2, -0.15) is 0 Å². The molecule has 0 radical (unpaired) electrons. The minimum atomic E-state index is -4.38. The topological polar surface area (TPSA) is 151 Å². The number of hydrogen-bond donors (Lipinski definition) is 5. The average Bonchev–Trinajstić information content (AvgIpc) is 3.16. The zero-order chi connectivity index (χ0) is 40.5. The molecule has 0 aromatic rings. The highest BCUT2D eigenvalue weighted by Crippen LogP contribution is 2.43. The van der Waals surface area contributed by atoms with Gasteiger partial charge in [-0.1, -0.05) is 199 Å². The van der Waals surface area contributed by atoms with Crippen LogP contribution in [0.15, 0.2) is 12.2 Å². The number of aliphatic hydroxyl groups is 2. The average molecular weight is 803 g/mol. The molecule has 0 spiro atoms. The summed E-state index contributed by atoms with van der Waals surface area (Å²) in [5.74, 6) is -0.415. The molecule has 4 unspecified atom stereocenters. The van der Waals surface area contributed by atoms with Gasteiger partial charge in [-0.3, -0.25) is 13.8 Å². The smallest absolute Gasteiger partial charge is 0.393 e. The van der Waals surface area contributed by atoms with Crippen LogP contribution >= 0.6 is 7.82 Å². The number of nitrogens with two attached hydrogens (primary N) is 1. The van der Waals surface area contributed by atoms with Crippen molar-refractivity contribution in [2.24, 2.45) is 5.73 Å². The van der Waals surface area contributed by atoms with Gasteiger partial charge in [-0.25, -0.2) is 4.57 Å². The fourth-order valence-corrected chi connectivity index (χ4v) is 7.88. The Balaban J connectivity index is 4.22. The van der Waals surface area contributed by atoms with Crippen molar-refractivity contribution in [3.63, 3.8) is 0 Å². The first-order chi connectivity index (χ1) is 26.8. The molecule has 0 aromatic heterocycles. The van der Waals surface area contributed by atoms with Crippen LogP contribution in [0.1, 0.15) is 232 Å². The van der Waals surface area contributed by atoms with Gasteiger partial charge in [-0.05, 0) is 38.5 Å². The Kier molecular flexibility index (Phi) is 40.8. The molecule has 0 aliphatic rings. The summed E-state index contributed by atoms with van der Waals surface area (Å²) in [5.41, 5.74) is 5.38. The number of hydrogen-bond acceptors (Lipinski definition) is 7. The number of rotatable bonds is 44. The lowest BCUT2D eigenvalue weighted by Gasteiger charge is -2.25. The molecule has 6 N–H and O–H groups in total. The van der Waals surface area contributed by atoms with E-state index in [0.29, 0.717) is 12.8 Å². The number of amides is 1. The van der Waals surface area contributed by atoms with E-state index in [1.807, 2.05) is 0 Å². The number of phosphoric ester groups is 1.